The third-order valence-electron chi connectivity index (χ3n) is 3.84. The molecule has 0 amide bonds. The van der Waals surface area contributed by atoms with Crippen LogP contribution in [0.5, 0.6) is 0 Å². The van der Waals surface area contributed by atoms with E-state index in [4.69, 9.17) is 0 Å². The fourth-order valence-electron chi connectivity index (χ4n) is 2.43. The van der Waals surface area contributed by atoms with E-state index < -0.39 is 0 Å². The van der Waals surface area contributed by atoms with Crippen molar-refractivity contribution in [3.63, 3.8) is 0 Å². The summed E-state index contributed by atoms with van der Waals surface area (Å²) in [5.41, 5.74) is 0. The van der Waals surface area contributed by atoms with Crippen LogP contribution in [-0.2, 0) is 0 Å². The van der Waals surface area contributed by atoms with Gasteiger partial charge in [-0.1, -0.05) is 13.3 Å². The van der Waals surface area contributed by atoms with Crippen molar-refractivity contribution in [2.45, 2.75) is 45.6 Å². The number of rotatable bonds is 5. The van der Waals surface area contributed by atoms with Crippen LogP contribution < -0.4 is 0 Å². The predicted molar refractivity (Wildman–Crippen MR) is 67.2 cm³/mol. The van der Waals surface area contributed by atoms with Crippen molar-refractivity contribution < 1.29 is 0 Å². The Labute approximate surface area is 95.6 Å². The normalized spacial score (nSPS) is 22.2. The number of piperidine rings is 1. The second-order valence-corrected chi connectivity index (χ2v) is 5.33. The van der Waals surface area contributed by atoms with E-state index in [0.717, 1.165) is 12.0 Å². The van der Waals surface area contributed by atoms with E-state index in [1.54, 1.807) is 0 Å². The van der Waals surface area contributed by atoms with Crippen molar-refractivity contribution >= 4 is 0 Å². The molecule has 1 saturated heterocycles. The topological polar surface area (TPSA) is 6.48 Å². The summed E-state index contributed by atoms with van der Waals surface area (Å²) in [5, 5.41) is 0. The van der Waals surface area contributed by atoms with E-state index in [1.807, 2.05) is 0 Å². The summed E-state index contributed by atoms with van der Waals surface area (Å²) in [5.74, 6) is 1.00. The molecular formula is C13H28N2. The van der Waals surface area contributed by atoms with Crippen molar-refractivity contribution in [2.24, 2.45) is 5.92 Å². The maximum Gasteiger partial charge on any atom is 0.00791 e. The van der Waals surface area contributed by atoms with Gasteiger partial charge in [0.25, 0.3) is 0 Å². The van der Waals surface area contributed by atoms with E-state index in [0.29, 0.717) is 0 Å². The minimum atomic E-state index is 0.769. The lowest BCUT2D eigenvalue weighted by Gasteiger charge is -2.36. The van der Waals surface area contributed by atoms with Crippen LogP contribution in [0.3, 0.4) is 0 Å². The molecule has 1 rings (SSSR count). The molecule has 2 heteroatoms. The lowest BCUT2D eigenvalue weighted by Crippen LogP contribution is -2.41. The molecule has 1 aliphatic heterocycles. The standard InChI is InChI=1S/C13H28N2/c1-5-13-7-10-15(11-8-13)12(2)6-9-14(3)4/h12-13H,5-11H2,1-4H3. The van der Waals surface area contributed by atoms with Gasteiger partial charge < -0.3 is 9.80 Å². The first kappa shape index (κ1) is 13.0. The molecular weight excluding hydrogens is 184 g/mol. The average Bonchev–Trinajstić information content (AvgIpc) is 2.26. The molecule has 2 nitrogen and oxygen atoms in total. The van der Waals surface area contributed by atoms with Gasteiger partial charge in [0.1, 0.15) is 0 Å². The highest BCUT2D eigenvalue weighted by molar-refractivity contribution is 4.76. The van der Waals surface area contributed by atoms with Crippen LogP contribution >= 0.6 is 0 Å². The second-order valence-electron chi connectivity index (χ2n) is 5.33. The quantitative estimate of drug-likeness (QED) is 0.691. The Kier molecular flexibility index (Phi) is 5.62. The monoisotopic (exact) mass is 212 g/mol. The minimum Gasteiger partial charge on any atom is -0.309 e. The van der Waals surface area contributed by atoms with Crippen molar-refractivity contribution in [1.29, 1.82) is 0 Å². The van der Waals surface area contributed by atoms with Crippen LogP contribution in [0.4, 0.5) is 0 Å². The summed E-state index contributed by atoms with van der Waals surface area (Å²) in [4.78, 5) is 4.96. The summed E-state index contributed by atoms with van der Waals surface area (Å²) in [6, 6.07) is 0.769. The Morgan fingerprint density at radius 3 is 2.33 bits per heavy atom. The van der Waals surface area contributed by atoms with Gasteiger partial charge in [-0.15, -0.1) is 0 Å². The SMILES string of the molecule is CCC1CCN(C(C)CCN(C)C)CC1. The Morgan fingerprint density at radius 1 is 1.27 bits per heavy atom. The fourth-order valence-corrected chi connectivity index (χ4v) is 2.43. The Morgan fingerprint density at radius 2 is 1.87 bits per heavy atom. The third kappa shape index (κ3) is 4.52. The number of nitrogens with zero attached hydrogens (tertiary/aromatic N) is 2. The zero-order valence-electron chi connectivity index (χ0n) is 11.0. The van der Waals surface area contributed by atoms with Gasteiger partial charge >= 0.3 is 0 Å². The molecule has 0 radical (unpaired) electrons. The van der Waals surface area contributed by atoms with E-state index in [2.05, 4.69) is 37.7 Å². The minimum absolute atomic E-state index is 0.769. The van der Waals surface area contributed by atoms with Crippen molar-refractivity contribution in [3.05, 3.63) is 0 Å². The molecule has 0 spiro atoms. The van der Waals surface area contributed by atoms with Crippen LogP contribution in [-0.4, -0.2) is 49.6 Å². The van der Waals surface area contributed by atoms with Crippen LogP contribution in [0.2, 0.25) is 0 Å². The van der Waals surface area contributed by atoms with Gasteiger partial charge in [-0.25, -0.2) is 0 Å². The zero-order valence-corrected chi connectivity index (χ0v) is 11.0. The lowest BCUT2D eigenvalue weighted by atomic mass is 9.93. The van der Waals surface area contributed by atoms with Gasteiger partial charge in [-0.2, -0.15) is 0 Å². The van der Waals surface area contributed by atoms with Gasteiger partial charge in [0.15, 0.2) is 0 Å². The summed E-state index contributed by atoms with van der Waals surface area (Å²) < 4.78 is 0. The van der Waals surface area contributed by atoms with Gasteiger partial charge in [0, 0.05) is 6.04 Å². The summed E-state index contributed by atoms with van der Waals surface area (Å²) in [7, 11) is 4.33. The molecule has 1 aliphatic rings. The molecule has 0 N–H and O–H groups in total. The van der Waals surface area contributed by atoms with Crippen molar-refractivity contribution in [3.8, 4) is 0 Å². The predicted octanol–water partition coefficient (Wildman–Crippen LogP) is 2.45. The largest absolute Gasteiger partial charge is 0.309 e. The lowest BCUT2D eigenvalue weighted by molar-refractivity contribution is 0.128. The van der Waals surface area contributed by atoms with Gasteiger partial charge in [0.2, 0.25) is 0 Å². The summed E-state index contributed by atoms with van der Waals surface area (Å²) in [6.07, 6.45) is 5.52. The highest BCUT2D eigenvalue weighted by Gasteiger charge is 2.21. The molecule has 0 aromatic rings. The molecule has 0 bridgehead atoms. The van der Waals surface area contributed by atoms with E-state index >= 15 is 0 Å². The molecule has 0 aromatic heterocycles. The van der Waals surface area contributed by atoms with Crippen LogP contribution in [0.1, 0.15) is 39.5 Å². The third-order valence-corrected chi connectivity index (χ3v) is 3.84. The fraction of sp³-hybridized carbons (Fsp3) is 1.00. The first-order valence-corrected chi connectivity index (χ1v) is 6.52. The number of hydrogen-bond acceptors (Lipinski definition) is 2. The maximum atomic E-state index is 2.68. The molecule has 1 atom stereocenters. The molecule has 1 heterocycles. The smallest absolute Gasteiger partial charge is 0.00791 e. The maximum absolute atomic E-state index is 2.68. The average molecular weight is 212 g/mol. The molecule has 0 saturated carbocycles. The Hall–Kier alpha value is -0.0800. The Balaban J connectivity index is 2.20. The Bertz CT molecular complexity index is 160. The molecule has 90 valence electrons. The highest BCUT2D eigenvalue weighted by atomic mass is 15.2. The molecule has 15 heavy (non-hydrogen) atoms. The van der Waals surface area contributed by atoms with E-state index in [-0.39, 0.29) is 0 Å². The number of likely N-dealkylation sites (tertiary alicyclic amines) is 1. The summed E-state index contributed by atoms with van der Waals surface area (Å²) in [6.45, 7) is 8.58. The first-order valence-electron chi connectivity index (χ1n) is 6.52. The van der Waals surface area contributed by atoms with E-state index in [1.165, 1.54) is 45.3 Å². The second kappa shape index (κ2) is 6.49. The van der Waals surface area contributed by atoms with Crippen molar-refractivity contribution in [1.82, 2.24) is 9.80 Å². The van der Waals surface area contributed by atoms with Gasteiger partial charge in [-0.3, -0.25) is 0 Å². The molecule has 1 fully saturated rings. The molecule has 0 aromatic carbocycles. The van der Waals surface area contributed by atoms with Crippen LogP contribution in [0.25, 0.3) is 0 Å². The van der Waals surface area contributed by atoms with Crippen LogP contribution in [0, 0.1) is 5.92 Å². The highest BCUT2D eigenvalue weighted by Crippen LogP contribution is 2.22. The van der Waals surface area contributed by atoms with Crippen molar-refractivity contribution in [2.75, 3.05) is 33.7 Å². The summed E-state index contributed by atoms with van der Waals surface area (Å²) >= 11 is 0. The van der Waals surface area contributed by atoms with Gasteiger partial charge in [0.05, 0.1) is 0 Å². The zero-order chi connectivity index (χ0) is 11.3. The van der Waals surface area contributed by atoms with Gasteiger partial charge in [-0.05, 0) is 65.8 Å². The van der Waals surface area contributed by atoms with E-state index in [9.17, 15) is 0 Å². The first-order chi connectivity index (χ1) is 7.13. The molecule has 1 unspecified atom stereocenters. The molecule has 0 aliphatic carbocycles. The number of hydrogen-bond donors (Lipinski definition) is 0. The van der Waals surface area contributed by atoms with Crippen LogP contribution in [0.15, 0.2) is 0 Å².